The zero-order valence-corrected chi connectivity index (χ0v) is 56.2. The summed E-state index contributed by atoms with van der Waals surface area (Å²) in [6, 6.07) is 7.27. The molecule has 1 amide bonds. The van der Waals surface area contributed by atoms with Crippen LogP contribution >= 0.6 is 73.9 Å². The molecule has 0 spiro atoms. The number of Topliss-reactive ketones (excluding diaryl/α,β-unsaturated/α-hetero) is 2. The SMILES string of the molecule is ClCc1cn2cc(C3CC3)cnc2n1.Nc1ncc(Br)cn1.Nc1ncc(C2CC2)cn1.O=C(CCc1ncn2ccc(Cl)cc12)c1cn[nH]c1.O=C(CCl)CCl.O=C(NCc1ncn2ccc(Cl)cc12)c1cnn(Cc2cn3cc(C4CC4)cnc3n2)c1.OB(O)C1CC1. The number of carbonyl (C=O) groups excluding carboxylic acids is 3. The first-order valence-electron chi connectivity index (χ1n) is 30.1. The number of aryl methyl sites for hydroxylation is 1. The first-order valence-corrected chi connectivity index (χ1v) is 33.2. The molecular formula is C62H64BBrCl5N21O5. The Labute approximate surface area is 577 Å². The first-order chi connectivity index (χ1) is 46.0. The number of aromatic nitrogens is 18. The van der Waals surface area contributed by atoms with E-state index in [2.05, 4.69) is 98.8 Å². The number of fused-ring (bicyclic) bond motifs is 4. The molecule has 12 aromatic rings. The van der Waals surface area contributed by atoms with Gasteiger partial charge in [-0.1, -0.05) is 36.0 Å². The van der Waals surface area contributed by atoms with Crippen molar-refractivity contribution in [3.63, 3.8) is 0 Å². The molecule has 0 radical (unpaired) electrons. The minimum absolute atomic E-state index is 0.0312. The highest BCUT2D eigenvalue weighted by Gasteiger charge is 2.33. The molecule has 0 aliphatic heterocycles. The molecule has 4 aliphatic rings. The Bertz CT molecular complexity index is 4470. The molecule has 95 heavy (non-hydrogen) atoms. The van der Waals surface area contributed by atoms with E-state index in [4.69, 9.17) is 79.5 Å². The molecule has 0 atom stereocenters. The minimum Gasteiger partial charge on any atom is -0.427 e. The fourth-order valence-corrected chi connectivity index (χ4v) is 10.1. The number of pyridine rings is 2. The molecule has 26 nitrogen and oxygen atoms in total. The second-order valence-corrected chi connectivity index (χ2v) is 25.1. The van der Waals surface area contributed by atoms with Crippen molar-refractivity contribution in [2.45, 2.75) is 107 Å². The van der Waals surface area contributed by atoms with Crippen molar-refractivity contribution >= 4 is 133 Å². The Morgan fingerprint density at radius 1 is 0.621 bits per heavy atom. The molecule has 0 unspecified atom stereocenters. The third kappa shape index (κ3) is 20.8. The molecular weight excluding hydrogens is 1390 g/mol. The third-order valence-electron chi connectivity index (χ3n) is 14.9. The fraction of sp³-hybridized carbons (Fsp3) is 0.306. The van der Waals surface area contributed by atoms with E-state index in [0.29, 0.717) is 76.6 Å². The molecule has 16 rings (SSSR count). The van der Waals surface area contributed by atoms with Crippen LogP contribution in [-0.2, 0) is 30.2 Å². The monoisotopic (exact) mass is 1450 g/mol. The molecule has 492 valence electrons. The Kier molecular flexibility index (Phi) is 24.3. The van der Waals surface area contributed by atoms with Gasteiger partial charge in [0.15, 0.2) is 11.6 Å². The Balaban J connectivity index is 0.000000133. The van der Waals surface area contributed by atoms with Crippen molar-refractivity contribution in [3.8, 4) is 0 Å². The maximum absolute atomic E-state index is 12.6. The van der Waals surface area contributed by atoms with E-state index in [1.165, 1.54) is 61.4 Å². The average molecular weight is 1450 g/mol. The first kappa shape index (κ1) is 69.4. The number of ketones is 2. The molecule has 0 saturated heterocycles. The lowest BCUT2D eigenvalue weighted by molar-refractivity contribution is -0.114. The Hall–Kier alpha value is -8.48. The van der Waals surface area contributed by atoms with E-state index < -0.39 is 7.12 Å². The van der Waals surface area contributed by atoms with Gasteiger partial charge in [0.05, 0.1) is 105 Å². The number of H-pyrrole nitrogens is 1. The van der Waals surface area contributed by atoms with Crippen molar-refractivity contribution in [3.05, 3.63) is 201 Å². The lowest BCUT2D eigenvalue weighted by Gasteiger charge is -2.02. The number of nitrogens with one attached hydrogen (secondary N) is 2. The van der Waals surface area contributed by atoms with Crippen LogP contribution in [0.2, 0.25) is 15.9 Å². The van der Waals surface area contributed by atoms with E-state index in [1.54, 1.807) is 60.5 Å². The van der Waals surface area contributed by atoms with Gasteiger partial charge in [0.1, 0.15) is 0 Å². The highest BCUT2D eigenvalue weighted by Crippen LogP contribution is 2.41. The lowest BCUT2D eigenvalue weighted by atomic mass is 9.84. The van der Waals surface area contributed by atoms with E-state index in [-0.39, 0.29) is 35.1 Å². The number of aromatic amines is 1. The topological polar surface area (TPSA) is 349 Å². The molecule has 0 bridgehead atoms. The van der Waals surface area contributed by atoms with E-state index in [0.717, 1.165) is 68.7 Å². The number of amides is 1. The quantitative estimate of drug-likeness (QED) is 0.0297. The highest BCUT2D eigenvalue weighted by molar-refractivity contribution is 9.10. The van der Waals surface area contributed by atoms with Crippen molar-refractivity contribution in [2.75, 3.05) is 23.2 Å². The second-order valence-electron chi connectivity index (χ2n) is 22.5. The fourth-order valence-electron chi connectivity index (χ4n) is 9.16. The molecule has 12 aromatic heterocycles. The second kappa shape index (κ2) is 33.3. The van der Waals surface area contributed by atoms with E-state index >= 15 is 0 Å². The van der Waals surface area contributed by atoms with Crippen molar-refractivity contribution in [2.24, 2.45) is 0 Å². The Morgan fingerprint density at radius 3 is 1.64 bits per heavy atom. The number of anilines is 2. The summed E-state index contributed by atoms with van der Waals surface area (Å²) in [5.41, 5.74) is 20.5. The number of carbonyl (C=O) groups is 3. The molecule has 0 aromatic carbocycles. The smallest absolute Gasteiger partial charge is 0.427 e. The predicted octanol–water partition coefficient (Wildman–Crippen LogP) is 10.4. The molecule has 33 heteroatoms. The molecule has 4 aliphatic carbocycles. The number of alkyl halides is 3. The summed E-state index contributed by atoms with van der Waals surface area (Å²) in [5, 5.41) is 31.4. The summed E-state index contributed by atoms with van der Waals surface area (Å²) < 4.78 is 10.2. The number of nitrogens with zero attached hydrogens (tertiary/aromatic N) is 17. The van der Waals surface area contributed by atoms with Crippen LogP contribution in [0.3, 0.4) is 0 Å². The van der Waals surface area contributed by atoms with Gasteiger partial charge in [0.25, 0.3) is 5.91 Å². The number of hydrogen-bond donors (Lipinski definition) is 6. The standard InChI is InChI=1S/C22H19ClN8O.C13H11ClN4O.C10H10ClN3.C7H9N3.C4H4BrN3.C3H7BO2.C3H4Cl2O/c23-17-3-4-29-13-26-19(20(29)5-17)8-24-21(32)16-7-27-31(10-16)12-18-11-30-9-15(14-1-2-14)6-25-22(30)28-18;14-10-3-4-18-8-15-11(12(18)5-10)1-2-13(19)9-6-16-17-7-9;11-3-9-6-14-5-8(7-1-2-7)4-12-10(14)13-9;8-7-9-3-6(4-10-7)5-1-2-5;5-3-1-7-4(6)8-2-3;5-4(6)3-1-2-3;4-1-3(6)2-5/h3-7,9-11,13-14H,1-2,8,12H2,(H,24,32);3-8H,1-2H2,(H,16,17);4-7H,1-3H2;3-5H,1-2H2,(H2,8,9,10);1-2H,(H2,6,7,8);3,5-6H,1-2H2;1-2H2. The van der Waals surface area contributed by atoms with Gasteiger partial charge in [-0.15, -0.1) is 34.8 Å². The third-order valence-corrected chi connectivity index (χ3v) is 16.7. The number of nitrogens with two attached hydrogens (primary N) is 2. The van der Waals surface area contributed by atoms with Crippen LogP contribution < -0.4 is 16.8 Å². The summed E-state index contributed by atoms with van der Waals surface area (Å²) in [7, 11) is -1.04. The van der Waals surface area contributed by atoms with Gasteiger partial charge in [0, 0.05) is 103 Å². The summed E-state index contributed by atoms with van der Waals surface area (Å²) in [5.74, 6) is 4.60. The predicted molar refractivity (Wildman–Crippen MR) is 366 cm³/mol. The average Bonchev–Trinajstić information content (AvgIpc) is 1.70. The van der Waals surface area contributed by atoms with Crippen LogP contribution in [-0.4, -0.2) is 134 Å². The van der Waals surface area contributed by atoms with Crippen molar-refractivity contribution < 1.29 is 24.4 Å². The summed E-state index contributed by atoms with van der Waals surface area (Å²) in [4.78, 5) is 75.9. The van der Waals surface area contributed by atoms with Crippen LogP contribution in [0.5, 0.6) is 0 Å². The van der Waals surface area contributed by atoms with Crippen LogP contribution in [0, 0.1) is 0 Å². The largest absolute Gasteiger partial charge is 0.454 e. The van der Waals surface area contributed by atoms with Gasteiger partial charge < -0.3 is 35.6 Å². The van der Waals surface area contributed by atoms with Gasteiger partial charge in [0.2, 0.25) is 23.5 Å². The maximum atomic E-state index is 12.6. The van der Waals surface area contributed by atoms with Gasteiger partial charge in [-0.3, -0.25) is 33.0 Å². The zero-order valence-electron chi connectivity index (χ0n) is 50.8. The van der Waals surface area contributed by atoms with Crippen LogP contribution in [0.4, 0.5) is 11.9 Å². The molecule has 4 fully saturated rings. The number of halogens is 6. The Morgan fingerprint density at radius 2 is 1.15 bits per heavy atom. The zero-order chi connectivity index (χ0) is 67.0. The molecule has 8 N–H and O–H groups in total. The summed E-state index contributed by atoms with van der Waals surface area (Å²) in [6.45, 7) is 0.752. The van der Waals surface area contributed by atoms with Gasteiger partial charge in [-0.25, -0.2) is 49.8 Å². The van der Waals surface area contributed by atoms with Gasteiger partial charge in [-0.05, 0) is 125 Å². The van der Waals surface area contributed by atoms with Gasteiger partial charge >= 0.3 is 7.12 Å². The van der Waals surface area contributed by atoms with E-state index in [9.17, 15) is 14.4 Å². The molecule has 4 saturated carbocycles. The van der Waals surface area contributed by atoms with Crippen LogP contribution in [0.1, 0.15) is 136 Å². The highest BCUT2D eigenvalue weighted by atomic mass is 79.9. The summed E-state index contributed by atoms with van der Waals surface area (Å²) >= 11 is 31.0. The van der Waals surface area contributed by atoms with Crippen LogP contribution in [0.15, 0.2) is 141 Å². The van der Waals surface area contributed by atoms with Gasteiger partial charge in [-0.2, -0.15) is 10.2 Å². The number of nitrogen functional groups attached to an aromatic ring is 2. The summed E-state index contributed by atoms with van der Waals surface area (Å²) in [6.07, 6.45) is 42.9. The lowest BCUT2D eigenvalue weighted by Crippen LogP contribution is -2.22. The number of hydrogen-bond acceptors (Lipinski definition) is 19. The minimum atomic E-state index is -1.04. The molecule has 12 heterocycles. The van der Waals surface area contributed by atoms with E-state index in [1.807, 2.05) is 79.3 Å². The van der Waals surface area contributed by atoms with Crippen molar-refractivity contribution in [1.82, 2.24) is 92.7 Å². The normalized spacial score (nSPS) is 13.7. The number of rotatable bonds is 16. The maximum Gasteiger partial charge on any atom is 0.454 e. The number of imidazole rings is 4. The van der Waals surface area contributed by atoms with Crippen LogP contribution in [0.25, 0.3) is 22.6 Å². The van der Waals surface area contributed by atoms with Crippen molar-refractivity contribution in [1.29, 1.82) is 0 Å².